The molecule has 2 heterocycles. The summed E-state index contributed by atoms with van der Waals surface area (Å²) in [4.78, 5) is 12.5. The van der Waals surface area contributed by atoms with Crippen LogP contribution in [0.25, 0.3) is 0 Å². The van der Waals surface area contributed by atoms with E-state index in [-0.39, 0.29) is 10.9 Å². The molecule has 1 amide bonds. The van der Waals surface area contributed by atoms with Crippen LogP contribution >= 0.6 is 11.8 Å². The highest BCUT2D eigenvalue weighted by molar-refractivity contribution is 7.99. The number of halogens is 3. The van der Waals surface area contributed by atoms with Gasteiger partial charge in [-0.3, -0.25) is 4.79 Å². The van der Waals surface area contributed by atoms with Crippen molar-refractivity contribution in [1.29, 1.82) is 5.26 Å². The highest BCUT2D eigenvalue weighted by atomic mass is 32.2. The molecule has 0 saturated heterocycles. The van der Waals surface area contributed by atoms with Crippen molar-refractivity contribution in [2.45, 2.75) is 31.7 Å². The average Bonchev–Trinajstić information content (AvgIpc) is 3.20. The SMILES string of the molecule is Cc1c(C#N)c(NC(=O)CSc2nnc(C(F)(F)F)n2N)n(Cc2ccccc2)c1C. The molecule has 3 rings (SSSR count). The fourth-order valence-corrected chi connectivity index (χ4v) is 3.62. The summed E-state index contributed by atoms with van der Waals surface area (Å²) in [6.45, 7) is 4.07. The van der Waals surface area contributed by atoms with E-state index in [1.165, 1.54) is 0 Å². The van der Waals surface area contributed by atoms with E-state index in [1.807, 2.05) is 41.8 Å². The van der Waals surface area contributed by atoms with Gasteiger partial charge in [-0.25, -0.2) is 4.68 Å². The number of aromatic nitrogens is 4. The first-order valence-corrected chi connectivity index (χ1v) is 9.96. The van der Waals surface area contributed by atoms with Crippen molar-refractivity contribution in [3.8, 4) is 6.07 Å². The zero-order valence-corrected chi connectivity index (χ0v) is 17.4. The van der Waals surface area contributed by atoms with E-state index >= 15 is 0 Å². The molecule has 0 bridgehead atoms. The van der Waals surface area contributed by atoms with Crippen molar-refractivity contribution >= 4 is 23.5 Å². The molecule has 3 aromatic rings. The van der Waals surface area contributed by atoms with Crippen molar-refractivity contribution in [2.75, 3.05) is 16.9 Å². The van der Waals surface area contributed by atoms with Crippen LogP contribution in [-0.2, 0) is 17.5 Å². The standard InChI is InChI=1S/C19H18F3N7OS/c1-11-12(2)28(9-13-6-4-3-5-7-13)16(14(11)8-23)25-15(30)10-31-18-27-26-17(29(18)24)19(20,21)22/h3-7H,9-10,24H2,1-2H3,(H,25,30). The predicted molar refractivity (Wildman–Crippen MR) is 109 cm³/mol. The third kappa shape index (κ3) is 4.66. The minimum Gasteiger partial charge on any atom is -0.335 e. The maximum Gasteiger partial charge on any atom is 0.453 e. The molecule has 3 N–H and O–H groups in total. The number of nitriles is 1. The van der Waals surface area contributed by atoms with Gasteiger partial charge in [0.25, 0.3) is 5.82 Å². The number of nitrogens with zero attached hydrogens (tertiary/aromatic N) is 5. The molecule has 0 aliphatic carbocycles. The molecule has 0 aliphatic heterocycles. The smallest absolute Gasteiger partial charge is 0.335 e. The van der Waals surface area contributed by atoms with Gasteiger partial charge in [-0.1, -0.05) is 42.1 Å². The van der Waals surface area contributed by atoms with Crippen LogP contribution in [0.4, 0.5) is 19.0 Å². The Morgan fingerprint density at radius 3 is 2.52 bits per heavy atom. The number of nitrogen functional groups attached to an aromatic ring is 1. The molecule has 0 aliphatic rings. The van der Waals surface area contributed by atoms with Crippen LogP contribution in [0.2, 0.25) is 0 Å². The number of alkyl halides is 3. The molecular weight excluding hydrogens is 431 g/mol. The molecule has 31 heavy (non-hydrogen) atoms. The molecule has 0 atom stereocenters. The van der Waals surface area contributed by atoms with Gasteiger partial charge in [0, 0.05) is 12.2 Å². The summed E-state index contributed by atoms with van der Waals surface area (Å²) in [6, 6.07) is 11.6. The number of hydrogen-bond acceptors (Lipinski definition) is 6. The minimum absolute atomic E-state index is 0.255. The topological polar surface area (TPSA) is 115 Å². The van der Waals surface area contributed by atoms with Crippen molar-refractivity contribution in [3.63, 3.8) is 0 Å². The van der Waals surface area contributed by atoms with Gasteiger partial charge in [0.2, 0.25) is 11.1 Å². The number of thioether (sulfide) groups is 1. The molecule has 0 saturated carbocycles. The summed E-state index contributed by atoms with van der Waals surface area (Å²) in [5.74, 6) is 3.56. The Bertz CT molecular complexity index is 1150. The normalized spacial score (nSPS) is 11.4. The maximum atomic E-state index is 12.8. The molecule has 2 aromatic heterocycles. The first-order chi connectivity index (χ1) is 14.6. The molecule has 0 spiro atoms. The Kier molecular flexibility index (Phi) is 6.26. The molecule has 0 fully saturated rings. The van der Waals surface area contributed by atoms with Gasteiger partial charge < -0.3 is 15.7 Å². The Morgan fingerprint density at radius 1 is 1.26 bits per heavy atom. The Labute approximate surface area is 179 Å². The van der Waals surface area contributed by atoms with Crippen LogP contribution in [0.1, 0.15) is 28.2 Å². The number of anilines is 1. The summed E-state index contributed by atoms with van der Waals surface area (Å²) in [6.07, 6.45) is -4.75. The fourth-order valence-electron chi connectivity index (χ4n) is 2.96. The Hall–Kier alpha value is -3.46. The lowest BCUT2D eigenvalue weighted by atomic mass is 10.2. The van der Waals surface area contributed by atoms with Gasteiger partial charge in [0.15, 0.2) is 0 Å². The van der Waals surface area contributed by atoms with Crippen molar-refractivity contribution in [1.82, 2.24) is 19.4 Å². The zero-order valence-electron chi connectivity index (χ0n) is 16.6. The van der Waals surface area contributed by atoms with Crippen LogP contribution in [0.3, 0.4) is 0 Å². The highest BCUT2D eigenvalue weighted by Crippen LogP contribution is 2.30. The van der Waals surface area contributed by atoms with Crippen LogP contribution in [0.5, 0.6) is 0 Å². The summed E-state index contributed by atoms with van der Waals surface area (Å²) in [5.41, 5.74) is 2.86. The number of amides is 1. The van der Waals surface area contributed by atoms with Crippen LogP contribution in [0, 0.1) is 25.2 Å². The van der Waals surface area contributed by atoms with Crippen LogP contribution in [-0.4, -0.2) is 31.1 Å². The lowest BCUT2D eigenvalue weighted by molar-refractivity contribution is -0.146. The monoisotopic (exact) mass is 449 g/mol. The number of nitrogens with one attached hydrogen (secondary N) is 1. The number of nitrogens with two attached hydrogens (primary N) is 1. The zero-order chi connectivity index (χ0) is 22.8. The molecule has 12 heteroatoms. The third-order valence-corrected chi connectivity index (χ3v) is 5.58. The van der Waals surface area contributed by atoms with E-state index in [2.05, 4.69) is 21.6 Å². The van der Waals surface area contributed by atoms with Gasteiger partial charge in [-0.2, -0.15) is 18.4 Å². The van der Waals surface area contributed by atoms with Gasteiger partial charge in [-0.15, -0.1) is 10.2 Å². The predicted octanol–water partition coefficient (Wildman–Crippen LogP) is 3.08. The summed E-state index contributed by atoms with van der Waals surface area (Å²) < 4.78 is 40.4. The molecule has 8 nitrogen and oxygen atoms in total. The highest BCUT2D eigenvalue weighted by Gasteiger charge is 2.38. The van der Waals surface area contributed by atoms with E-state index in [1.54, 1.807) is 6.92 Å². The van der Waals surface area contributed by atoms with Crippen molar-refractivity contribution < 1.29 is 18.0 Å². The second-order valence-electron chi connectivity index (χ2n) is 6.63. The first-order valence-electron chi connectivity index (χ1n) is 8.97. The third-order valence-electron chi connectivity index (χ3n) is 4.63. The van der Waals surface area contributed by atoms with Gasteiger partial charge in [0.05, 0.1) is 11.3 Å². The summed E-state index contributed by atoms with van der Waals surface area (Å²) in [5, 5.41) is 18.4. The number of carbonyl (C=O) groups excluding carboxylic acids is 1. The van der Waals surface area contributed by atoms with E-state index in [4.69, 9.17) is 5.84 Å². The van der Waals surface area contributed by atoms with Crippen molar-refractivity contribution in [3.05, 3.63) is 58.5 Å². The minimum atomic E-state index is -4.75. The van der Waals surface area contributed by atoms with Crippen LogP contribution < -0.4 is 11.2 Å². The van der Waals surface area contributed by atoms with Gasteiger partial charge in [0.1, 0.15) is 11.9 Å². The van der Waals surface area contributed by atoms with Crippen LogP contribution in [0.15, 0.2) is 35.5 Å². The molecule has 1 aromatic carbocycles. The largest absolute Gasteiger partial charge is 0.453 e. The van der Waals surface area contributed by atoms with E-state index in [9.17, 15) is 23.2 Å². The van der Waals surface area contributed by atoms with E-state index < -0.39 is 17.9 Å². The molecule has 0 radical (unpaired) electrons. The first kappa shape index (κ1) is 22.2. The number of carbonyl (C=O) groups is 1. The summed E-state index contributed by atoms with van der Waals surface area (Å²) >= 11 is 0.706. The number of benzene rings is 1. The van der Waals surface area contributed by atoms with Crippen molar-refractivity contribution in [2.24, 2.45) is 0 Å². The lowest BCUT2D eigenvalue weighted by Crippen LogP contribution is -2.22. The lowest BCUT2D eigenvalue weighted by Gasteiger charge is -2.13. The second kappa shape index (κ2) is 8.73. The Morgan fingerprint density at radius 2 is 1.94 bits per heavy atom. The quantitative estimate of drug-likeness (QED) is 0.442. The maximum absolute atomic E-state index is 12.8. The number of hydrogen-bond donors (Lipinski definition) is 2. The fraction of sp³-hybridized carbons (Fsp3) is 0.263. The van der Waals surface area contributed by atoms with E-state index in [0.717, 1.165) is 16.8 Å². The average molecular weight is 449 g/mol. The molecule has 0 unspecified atom stereocenters. The van der Waals surface area contributed by atoms with Gasteiger partial charge >= 0.3 is 6.18 Å². The molecule has 162 valence electrons. The Balaban J connectivity index is 1.79. The van der Waals surface area contributed by atoms with E-state index in [0.29, 0.717) is 34.4 Å². The second-order valence-corrected chi connectivity index (χ2v) is 7.57. The number of rotatable bonds is 6. The van der Waals surface area contributed by atoms with Gasteiger partial charge in [-0.05, 0) is 25.0 Å². The molecular formula is C19H18F3N7OS. The summed E-state index contributed by atoms with van der Waals surface area (Å²) in [7, 11) is 0.